The molecule has 2 heterocycles. The Balaban J connectivity index is 1.84. The third kappa shape index (κ3) is 2.11. The normalized spacial score (nSPS) is 23.5. The van der Waals surface area contributed by atoms with E-state index in [-0.39, 0.29) is 5.41 Å². The first-order valence-corrected chi connectivity index (χ1v) is 9.66. The highest BCUT2D eigenvalue weighted by atomic mass is 32.2. The second-order valence-corrected chi connectivity index (χ2v) is 10.1. The van der Waals surface area contributed by atoms with Gasteiger partial charge in [0.05, 0.1) is 5.25 Å². The molecular formula is C20H22S2. The van der Waals surface area contributed by atoms with Gasteiger partial charge >= 0.3 is 0 Å². The number of fused-ring (bicyclic) bond motifs is 2. The minimum absolute atomic E-state index is 0.248. The minimum Gasteiger partial charge on any atom is -0.141 e. The number of aryl methyl sites for hydroxylation is 1. The topological polar surface area (TPSA) is 0 Å². The lowest BCUT2D eigenvalue weighted by Gasteiger charge is -2.18. The summed E-state index contributed by atoms with van der Waals surface area (Å²) in [5.41, 5.74) is 6.38. The average Bonchev–Trinajstić information content (AvgIpc) is 3.09. The van der Waals surface area contributed by atoms with Gasteiger partial charge in [-0.3, -0.25) is 0 Å². The highest BCUT2D eigenvalue weighted by Gasteiger charge is 2.33. The second-order valence-electron chi connectivity index (χ2n) is 7.47. The molecule has 22 heavy (non-hydrogen) atoms. The van der Waals surface area contributed by atoms with E-state index in [0.717, 1.165) is 6.42 Å². The van der Waals surface area contributed by atoms with Crippen molar-refractivity contribution < 1.29 is 0 Å². The molecular weight excluding hydrogens is 304 g/mol. The summed E-state index contributed by atoms with van der Waals surface area (Å²) in [6, 6.07) is 2.39. The van der Waals surface area contributed by atoms with Crippen molar-refractivity contribution in [3.05, 3.63) is 54.5 Å². The molecule has 0 spiro atoms. The van der Waals surface area contributed by atoms with Crippen LogP contribution >= 0.6 is 23.1 Å². The van der Waals surface area contributed by atoms with Crippen molar-refractivity contribution in [1.29, 1.82) is 0 Å². The van der Waals surface area contributed by atoms with E-state index in [2.05, 4.69) is 58.9 Å². The van der Waals surface area contributed by atoms with Gasteiger partial charge in [0.2, 0.25) is 0 Å². The first-order valence-electron chi connectivity index (χ1n) is 7.96. The van der Waals surface area contributed by atoms with Crippen LogP contribution in [0.15, 0.2) is 39.8 Å². The van der Waals surface area contributed by atoms with Gasteiger partial charge in [0.25, 0.3) is 0 Å². The highest BCUT2D eigenvalue weighted by Crippen LogP contribution is 2.49. The average molecular weight is 327 g/mol. The Morgan fingerprint density at radius 2 is 1.95 bits per heavy atom. The van der Waals surface area contributed by atoms with Gasteiger partial charge < -0.3 is 0 Å². The van der Waals surface area contributed by atoms with Crippen molar-refractivity contribution >= 4 is 34.7 Å². The summed E-state index contributed by atoms with van der Waals surface area (Å²) in [7, 11) is 0. The van der Waals surface area contributed by atoms with Crippen LogP contribution in [0.4, 0.5) is 0 Å². The molecule has 1 unspecified atom stereocenters. The predicted molar refractivity (Wildman–Crippen MR) is 100 cm³/mol. The summed E-state index contributed by atoms with van der Waals surface area (Å²) in [6.45, 7) is 11.4. The lowest BCUT2D eigenvalue weighted by atomic mass is 9.87. The monoisotopic (exact) mass is 326 g/mol. The van der Waals surface area contributed by atoms with Gasteiger partial charge in [-0.25, -0.2) is 0 Å². The SMILES string of the molecule is CC1=C(C2=CC(C(C)(C)C)=CC2)C2=c3cc(C)sc3=CC2S1. The minimum atomic E-state index is 0.248. The molecule has 0 saturated heterocycles. The summed E-state index contributed by atoms with van der Waals surface area (Å²) >= 11 is 3.98. The molecule has 4 rings (SSSR count). The maximum Gasteiger partial charge on any atom is 0.0550 e. The Bertz CT molecular complexity index is 879. The standard InChI is InChI=1S/C20H22S2/c1-11-8-15-16(21-11)10-17-19(15)18(12(2)22-17)13-6-7-14(9-13)20(3,4)5/h7-10,17H,6H2,1-5H3. The molecule has 114 valence electrons. The summed E-state index contributed by atoms with van der Waals surface area (Å²) in [6.07, 6.45) is 8.43. The van der Waals surface area contributed by atoms with Crippen LogP contribution in [-0.4, -0.2) is 5.25 Å². The fourth-order valence-corrected chi connectivity index (χ4v) is 6.07. The number of allylic oxidation sites excluding steroid dienone is 6. The van der Waals surface area contributed by atoms with Crippen LogP contribution < -0.4 is 9.75 Å². The van der Waals surface area contributed by atoms with Gasteiger partial charge in [-0.2, -0.15) is 0 Å². The van der Waals surface area contributed by atoms with E-state index in [4.69, 9.17) is 0 Å². The Labute approximate surface area is 141 Å². The van der Waals surface area contributed by atoms with E-state index in [0.29, 0.717) is 5.25 Å². The van der Waals surface area contributed by atoms with Gasteiger partial charge in [-0.15, -0.1) is 23.1 Å². The lowest BCUT2D eigenvalue weighted by Crippen LogP contribution is -2.17. The molecule has 0 fully saturated rings. The number of thioether (sulfide) groups is 1. The third-order valence-electron chi connectivity index (χ3n) is 4.75. The van der Waals surface area contributed by atoms with Gasteiger partial charge in [-0.1, -0.05) is 32.9 Å². The zero-order valence-electron chi connectivity index (χ0n) is 13.9. The molecule has 2 aliphatic carbocycles. The lowest BCUT2D eigenvalue weighted by molar-refractivity contribution is 0.518. The van der Waals surface area contributed by atoms with E-state index in [1.807, 2.05) is 23.1 Å². The summed E-state index contributed by atoms with van der Waals surface area (Å²) < 4.78 is 1.48. The van der Waals surface area contributed by atoms with Gasteiger partial charge in [-0.05, 0) is 70.2 Å². The summed E-state index contributed by atoms with van der Waals surface area (Å²) in [5.74, 6) is 0. The number of hydrogen-bond donors (Lipinski definition) is 0. The van der Waals surface area contributed by atoms with E-state index >= 15 is 0 Å². The van der Waals surface area contributed by atoms with Crippen molar-refractivity contribution in [3.63, 3.8) is 0 Å². The van der Waals surface area contributed by atoms with Gasteiger partial charge in [0, 0.05) is 9.41 Å². The molecule has 1 aromatic heterocycles. The highest BCUT2D eigenvalue weighted by molar-refractivity contribution is 8.04. The van der Waals surface area contributed by atoms with Crippen LogP contribution in [0.1, 0.15) is 39.0 Å². The van der Waals surface area contributed by atoms with Gasteiger partial charge in [0.1, 0.15) is 0 Å². The Kier molecular flexibility index (Phi) is 3.15. The smallest absolute Gasteiger partial charge is 0.0550 e. The fourth-order valence-electron chi connectivity index (χ4n) is 3.67. The van der Waals surface area contributed by atoms with Crippen molar-refractivity contribution in [2.45, 2.75) is 46.3 Å². The Morgan fingerprint density at radius 3 is 2.64 bits per heavy atom. The molecule has 0 N–H and O–H groups in total. The molecule has 0 radical (unpaired) electrons. The van der Waals surface area contributed by atoms with Crippen molar-refractivity contribution in [2.24, 2.45) is 5.41 Å². The molecule has 2 heteroatoms. The molecule has 1 aliphatic heterocycles. The Morgan fingerprint density at radius 1 is 1.18 bits per heavy atom. The van der Waals surface area contributed by atoms with Crippen LogP contribution in [0.3, 0.4) is 0 Å². The molecule has 0 bridgehead atoms. The fraction of sp³-hybridized carbons (Fsp3) is 0.400. The van der Waals surface area contributed by atoms with Crippen molar-refractivity contribution in [2.75, 3.05) is 0 Å². The zero-order chi connectivity index (χ0) is 15.6. The first kappa shape index (κ1) is 14.6. The van der Waals surface area contributed by atoms with Crippen LogP contribution in [0, 0.1) is 12.3 Å². The maximum absolute atomic E-state index is 2.47. The van der Waals surface area contributed by atoms with Crippen LogP contribution in [0.2, 0.25) is 0 Å². The molecule has 1 aromatic rings. The Hall–Kier alpha value is -0.990. The quantitative estimate of drug-likeness (QED) is 0.721. The van der Waals surface area contributed by atoms with Crippen molar-refractivity contribution in [1.82, 2.24) is 0 Å². The number of rotatable bonds is 1. The third-order valence-corrected chi connectivity index (χ3v) is 6.94. The van der Waals surface area contributed by atoms with E-state index in [1.54, 1.807) is 11.1 Å². The van der Waals surface area contributed by atoms with Crippen LogP contribution in [0.5, 0.6) is 0 Å². The number of thiophene rings is 1. The molecule has 1 atom stereocenters. The summed E-state index contributed by atoms with van der Waals surface area (Å²) in [4.78, 5) is 2.93. The molecule has 0 nitrogen and oxygen atoms in total. The van der Waals surface area contributed by atoms with Crippen LogP contribution in [-0.2, 0) is 0 Å². The summed E-state index contributed by atoms with van der Waals surface area (Å²) in [5, 5.41) is 2.05. The molecule has 3 aliphatic rings. The van der Waals surface area contributed by atoms with Gasteiger partial charge in [0.15, 0.2) is 0 Å². The molecule has 0 aromatic carbocycles. The van der Waals surface area contributed by atoms with Crippen LogP contribution in [0.25, 0.3) is 11.6 Å². The largest absolute Gasteiger partial charge is 0.141 e. The first-order chi connectivity index (χ1) is 10.3. The molecule has 0 saturated carbocycles. The van der Waals surface area contributed by atoms with Crippen molar-refractivity contribution in [3.8, 4) is 0 Å². The maximum atomic E-state index is 2.47. The predicted octanol–water partition coefficient (Wildman–Crippen LogP) is 4.69. The van der Waals surface area contributed by atoms with E-state index < -0.39 is 0 Å². The molecule has 0 amide bonds. The second kappa shape index (κ2) is 4.75. The number of hydrogen-bond acceptors (Lipinski definition) is 2. The van der Waals surface area contributed by atoms with E-state index in [9.17, 15) is 0 Å². The van der Waals surface area contributed by atoms with E-state index in [1.165, 1.54) is 30.7 Å². The zero-order valence-corrected chi connectivity index (χ0v) is 15.5.